The van der Waals surface area contributed by atoms with E-state index >= 15 is 0 Å². The molecule has 7 heteroatoms. The van der Waals surface area contributed by atoms with Crippen LogP contribution in [-0.2, 0) is 6.54 Å². The molecule has 3 rings (SSSR count). The summed E-state index contributed by atoms with van der Waals surface area (Å²) in [6, 6.07) is 10.1. The number of thioether (sulfide) groups is 1. The van der Waals surface area contributed by atoms with Gasteiger partial charge < -0.3 is 9.88 Å². The van der Waals surface area contributed by atoms with E-state index in [-0.39, 0.29) is 5.78 Å². The summed E-state index contributed by atoms with van der Waals surface area (Å²) in [6.45, 7) is 9.22. The van der Waals surface area contributed by atoms with Crippen molar-refractivity contribution >= 4 is 39.7 Å². The summed E-state index contributed by atoms with van der Waals surface area (Å²) in [5.41, 5.74) is 5.18. The van der Waals surface area contributed by atoms with Crippen LogP contribution in [0.5, 0.6) is 0 Å². The summed E-state index contributed by atoms with van der Waals surface area (Å²) in [6.07, 6.45) is 1.06. The van der Waals surface area contributed by atoms with Crippen LogP contribution in [0.2, 0.25) is 0 Å². The zero-order valence-electron chi connectivity index (χ0n) is 16.1. The first-order valence-corrected chi connectivity index (χ1v) is 10.8. The minimum Gasteiger partial charge on any atom is -0.348 e. The summed E-state index contributed by atoms with van der Waals surface area (Å²) >= 11 is 2.91. The first-order valence-electron chi connectivity index (χ1n) is 8.98. The summed E-state index contributed by atoms with van der Waals surface area (Å²) in [4.78, 5) is 12.7. The van der Waals surface area contributed by atoms with Crippen LogP contribution in [0, 0.1) is 20.8 Å². The normalized spacial score (nSPS) is 11.0. The quantitative estimate of drug-likeness (QED) is 0.405. The van der Waals surface area contributed by atoms with Gasteiger partial charge in [-0.25, -0.2) is 0 Å². The van der Waals surface area contributed by atoms with E-state index in [9.17, 15) is 4.79 Å². The molecule has 0 aliphatic carbocycles. The van der Waals surface area contributed by atoms with Gasteiger partial charge in [0.1, 0.15) is 0 Å². The van der Waals surface area contributed by atoms with Gasteiger partial charge in [0.15, 0.2) is 10.1 Å². The average Bonchev–Trinajstić information content (AvgIpc) is 3.21. The first-order chi connectivity index (χ1) is 13.0. The third-order valence-corrected chi connectivity index (χ3v) is 6.41. The van der Waals surface area contributed by atoms with E-state index in [0.717, 1.165) is 50.6 Å². The Labute approximate surface area is 168 Å². The SMILES string of the molecule is CCCn1c(C)cc(C(=O)CSc2nnc(Nc3ccccc3C)s2)c1C. The molecular formula is C20H24N4OS2. The van der Waals surface area contributed by atoms with E-state index in [4.69, 9.17) is 0 Å². The lowest BCUT2D eigenvalue weighted by atomic mass is 10.2. The number of aromatic nitrogens is 3. The minimum absolute atomic E-state index is 0.138. The second kappa shape index (κ2) is 8.71. The lowest BCUT2D eigenvalue weighted by Crippen LogP contribution is -2.06. The van der Waals surface area contributed by atoms with Crippen molar-refractivity contribution in [2.45, 2.75) is 45.0 Å². The minimum atomic E-state index is 0.138. The van der Waals surface area contributed by atoms with Crippen molar-refractivity contribution in [3.63, 3.8) is 0 Å². The standard InChI is InChI=1S/C20H24N4OS2/c1-5-10-24-14(3)11-16(15(24)4)18(25)12-26-20-23-22-19(27-20)21-17-9-7-6-8-13(17)2/h6-9,11H,5,10,12H2,1-4H3,(H,21,22). The van der Waals surface area contributed by atoms with E-state index in [1.807, 2.05) is 44.2 Å². The molecule has 2 heterocycles. The van der Waals surface area contributed by atoms with E-state index in [2.05, 4.69) is 33.9 Å². The molecule has 0 saturated carbocycles. The highest BCUT2D eigenvalue weighted by Crippen LogP contribution is 2.29. The Hall–Kier alpha value is -2.12. The fourth-order valence-electron chi connectivity index (χ4n) is 3.00. The lowest BCUT2D eigenvalue weighted by Gasteiger charge is -2.07. The lowest BCUT2D eigenvalue weighted by molar-refractivity contribution is 0.102. The number of para-hydroxylation sites is 1. The molecule has 0 fully saturated rings. The molecule has 0 aliphatic heterocycles. The molecule has 0 bridgehead atoms. The number of Topliss-reactive ketones (excluding diaryl/α,β-unsaturated/α-hetero) is 1. The maximum Gasteiger partial charge on any atom is 0.210 e. The monoisotopic (exact) mass is 400 g/mol. The zero-order chi connectivity index (χ0) is 19.4. The Morgan fingerprint density at radius 3 is 2.74 bits per heavy atom. The van der Waals surface area contributed by atoms with Gasteiger partial charge in [-0.1, -0.05) is 48.2 Å². The number of carbonyl (C=O) groups is 1. The van der Waals surface area contributed by atoms with E-state index < -0.39 is 0 Å². The van der Waals surface area contributed by atoms with Crippen molar-refractivity contribution < 1.29 is 4.79 Å². The molecule has 0 atom stereocenters. The molecule has 5 nitrogen and oxygen atoms in total. The number of nitrogens with one attached hydrogen (secondary N) is 1. The molecule has 0 spiro atoms. The van der Waals surface area contributed by atoms with Gasteiger partial charge >= 0.3 is 0 Å². The Balaban J connectivity index is 1.62. The van der Waals surface area contributed by atoms with Gasteiger partial charge in [0.05, 0.1) is 5.75 Å². The molecule has 0 aliphatic rings. The van der Waals surface area contributed by atoms with Gasteiger partial charge in [0.25, 0.3) is 0 Å². The Kier molecular flexibility index (Phi) is 6.34. The summed E-state index contributed by atoms with van der Waals surface area (Å²) < 4.78 is 3.01. The van der Waals surface area contributed by atoms with Gasteiger partial charge in [-0.15, -0.1) is 10.2 Å². The van der Waals surface area contributed by atoms with Crippen LogP contribution in [0.25, 0.3) is 0 Å². The Morgan fingerprint density at radius 2 is 2.00 bits per heavy atom. The van der Waals surface area contributed by atoms with Crippen molar-refractivity contribution in [3.05, 3.63) is 52.8 Å². The number of ketones is 1. The number of anilines is 2. The molecule has 142 valence electrons. The fraction of sp³-hybridized carbons (Fsp3) is 0.350. The number of rotatable bonds is 8. The average molecular weight is 401 g/mol. The van der Waals surface area contributed by atoms with E-state index in [0.29, 0.717) is 5.75 Å². The van der Waals surface area contributed by atoms with Crippen LogP contribution in [0.3, 0.4) is 0 Å². The summed E-state index contributed by atoms with van der Waals surface area (Å²) in [7, 11) is 0. The van der Waals surface area contributed by atoms with Crippen molar-refractivity contribution in [2.24, 2.45) is 0 Å². The first kappa shape index (κ1) is 19.6. The van der Waals surface area contributed by atoms with Gasteiger partial charge in [0.2, 0.25) is 5.13 Å². The number of hydrogen-bond acceptors (Lipinski definition) is 6. The molecule has 0 saturated heterocycles. The maximum atomic E-state index is 12.7. The fourth-order valence-corrected chi connectivity index (χ4v) is 4.65. The Morgan fingerprint density at radius 1 is 1.22 bits per heavy atom. The zero-order valence-corrected chi connectivity index (χ0v) is 17.7. The van der Waals surface area contributed by atoms with Gasteiger partial charge in [-0.3, -0.25) is 4.79 Å². The van der Waals surface area contributed by atoms with Gasteiger partial charge in [-0.05, 0) is 44.9 Å². The maximum absolute atomic E-state index is 12.7. The second-order valence-corrected chi connectivity index (χ2v) is 8.66. The predicted octanol–water partition coefficient (Wildman–Crippen LogP) is 5.39. The Bertz CT molecular complexity index is 945. The highest BCUT2D eigenvalue weighted by molar-refractivity contribution is 8.01. The molecule has 0 unspecified atom stereocenters. The molecule has 1 aromatic carbocycles. The number of hydrogen-bond donors (Lipinski definition) is 1. The van der Waals surface area contributed by atoms with Crippen LogP contribution < -0.4 is 5.32 Å². The van der Waals surface area contributed by atoms with Crippen LogP contribution in [0.1, 0.15) is 40.7 Å². The number of carbonyl (C=O) groups excluding carboxylic acids is 1. The van der Waals surface area contributed by atoms with Crippen molar-refractivity contribution in [2.75, 3.05) is 11.1 Å². The molecule has 2 aromatic heterocycles. The molecule has 0 radical (unpaired) electrons. The van der Waals surface area contributed by atoms with Crippen molar-refractivity contribution in [1.82, 2.24) is 14.8 Å². The van der Waals surface area contributed by atoms with Crippen LogP contribution in [0.4, 0.5) is 10.8 Å². The third-order valence-electron chi connectivity index (χ3n) is 4.44. The highest BCUT2D eigenvalue weighted by Gasteiger charge is 2.16. The smallest absolute Gasteiger partial charge is 0.210 e. The van der Waals surface area contributed by atoms with Crippen LogP contribution in [0.15, 0.2) is 34.7 Å². The molecule has 27 heavy (non-hydrogen) atoms. The van der Waals surface area contributed by atoms with Gasteiger partial charge in [-0.2, -0.15) is 0 Å². The third kappa shape index (κ3) is 4.59. The number of nitrogens with zero attached hydrogens (tertiary/aromatic N) is 3. The summed E-state index contributed by atoms with van der Waals surface area (Å²) in [5.74, 6) is 0.508. The van der Waals surface area contributed by atoms with Gasteiger partial charge in [0, 0.05) is 29.2 Å². The molecule has 1 N–H and O–H groups in total. The van der Waals surface area contributed by atoms with E-state index in [1.165, 1.54) is 23.1 Å². The summed E-state index contributed by atoms with van der Waals surface area (Å²) in [5, 5.41) is 12.4. The van der Waals surface area contributed by atoms with Crippen LogP contribution >= 0.6 is 23.1 Å². The molecular weight excluding hydrogens is 376 g/mol. The van der Waals surface area contributed by atoms with Crippen LogP contribution in [-0.4, -0.2) is 26.3 Å². The molecule has 0 amide bonds. The topological polar surface area (TPSA) is 59.8 Å². The van der Waals surface area contributed by atoms with Crippen molar-refractivity contribution in [1.29, 1.82) is 0 Å². The highest BCUT2D eigenvalue weighted by atomic mass is 32.2. The number of benzene rings is 1. The number of aryl methyl sites for hydroxylation is 2. The largest absolute Gasteiger partial charge is 0.348 e. The predicted molar refractivity (Wildman–Crippen MR) is 114 cm³/mol. The van der Waals surface area contributed by atoms with E-state index in [1.54, 1.807) is 0 Å². The molecule has 3 aromatic rings. The van der Waals surface area contributed by atoms with Crippen molar-refractivity contribution in [3.8, 4) is 0 Å². The second-order valence-electron chi connectivity index (χ2n) is 6.46.